The van der Waals surface area contributed by atoms with Gasteiger partial charge >= 0.3 is 18.1 Å². The lowest BCUT2D eigenvalue weighted by atomic mass is 9.69. The highest BCUT2D eigenvalue weighted by Gasteiger charge is 2.51. The van der Waals surface area contributed by atoms with Crippen molar-refractivity contribution in [1.29, 1.82) is 5.26 Å². The van der Waals surface area contributed by atoms with Gasteiger partial charge in [0.2, 0.25) is 0 Å². The summed E-state index contributed by atoms with van der Waals surface area (Å²) in [7, 11) is 13.0. The quantitative estimate of drug-likeness (QED) is 0.125. The molecule has 4 aromatic rings. The minimum atomic E-state index is -0.403. The Hall–Kier alpha value is -6.90. The van der Waals surface area contributed by atoms with Crippen LogP contribution in [0.1, 0.15) is 99.3 Å². The Bertz CT molecular complexity index is 2700. The summed E-state index contributed by atoms with van der Waals surface area (Å²) in [6.07, 6.45) is 9.41. The molecule has 0 atom stereocenters. The summed E-state index contributed by atoms with van der Waals surface area (Å²) in [6.45, 7) is 3.85. The van der Waals surface area contributed by atoms with E-state index in [1.165, 1.54) is 6.07 Å². The number of urea groups is 3. The fraction of sp³-hybridized carbons (Fsp3) is 0.508. The van der Waals surface area contributed by atoms with Gasteiger partial charge in [-0.1, -0.05) is 48.5 Å². The second kappa shape index (κ2) is 23.1. The Morgan fingerprint density at radius 3 is 1.22 bits per heavy atom. The molecule has 406 valence electrons. The third kappa shape index (κ3) is 12.3. The van der Waals surface area contributed by atoms with E-state index in [1.807, 2.05) is 113 Å². The molecule has 3 heterocycles. The van der Waals surface area contributed by atoms with E-state index in [4.69, 9.17) is 14.2 Å². The number of benzene rings is 4. The highest BCUT2D eigenvalue weighted by Crippen LogP contribution is 2.46. The molecule has 6 fully saturated rings. The number of rotatable bonds is 12. The van der Waals surface area contributed by atoms with Crippen LogP contribution in [0, 0.1) is 17.1 Å². The largest absolute Gasteiger partial charge is 0.497 e. The number of halogens is 1. The van der Waals surface area contributed by atoms with Gasteiger partial charge in [-0.25, -0.2) is 18.8 Å². The molecular formula is C59H76FN9O7. The molecule has 0 aromatic heterocycles. The summed E-state index contributed by atoms with van der Waals surface area (Å²) in [4.78, 5) is 58.5. The van der Waals surface area contributed by atoms with Crippen molar-refractivity contribution >= 4 is 23.9 Å². The predicted octanol–water partition coefficient (Wildman–Crippen LogP) is 8.59. The summed E-state index contributed by atoms with van der Waals surface area (Å²) < 4.78 is 29.4. The number of ether oxygens (including phenoxy) is 3. The van der Waals surface area contributed by atoms with Crippen molar-refractivity contribution in [2.24, 2.45) is 0 Å². The minimum absolute atomic E-state index is 0.00562. The lowest BCUT2D eigenvalue weighted by molar-refractivity contribution is -0.121. The van der Waals surface area contributed by atoms with Crippen molar-refractivity contribution in [3.8, 4) is 23.3 Å². The van der Waals surface area contributed by atoms with Crippen molar-refractivity contribution in [3.05, 3.63) is 125 Å². The fourth-order valence-electron chi connectivity index (χ4n) is 12.2. The Morgan fingerprint density at radius 1 is 0.526 bits per heavy atom. The van der Waals surface area contributed by atoms with Crippen LogP contribution in [0.15, 0.2) is 97.1 Å². The highest BCUT2D eigenvalue weighted by atomic mass is 19.1. The number of hydrogen-bond acceptors (Lipinski definition) is 10. The normalized spacial score (nSPS) is 25.6. The SMILES string of the molecule is COc1ccc(CN2CC3(CCC(=O)CC3)NC2=O)cc1.COc1ccc(CN2CC3(CCC(C#N)(N(C)C)CC3)NC2=O)cc1.COc1ccc(CN2CC3(CCC(c4cccc(F)c4)(N(C)C)CC3)NC2=O)cc1. The lowest BCUT2D eigenvalue weighted by Gasteiger charge is -2.48. The number of methoxy groups -OCH3 is 3. The third-order valence-electron chi connectivity index (χ3n) is 17.2. The van der Waals surface area contributed by atoms with E-state index in [-0.39, 0.29) is 46.1 Å². The first-order valence-electron chi connectivity index (χ1n) is 26.5. The van der Waals surface area contributed by atoms with E-state index in [0.717, 1.165) is 104 Å². The molecule has 0 unspecified atom stereocenters. The average Bonchev–Trinajstić information content (AvgIpc) is 4.03. The number of Topliss-reactive ketones (excluding diaryl/α,β-unsaturated/α-hetero) is 1. The molecule has 6 aliphatic rings. The molecule has 3 aliphatic heterocycles. The molecule has 76 heavy (non-hydrogen) atoms. The number of carbonyl (C=O) groups is 4. The fourth-order valence-corrected chi connectivity index (χ4v) is 12.2. The van der Waals surface area contributed by atoms with Crippen LogP contribution < -0.4 is 30.2 Å². The van der Waals surface area contributed by atoms with E-state index in [2.05, 4.69) is 41.0 Å². The van der Waals surface area contributed by atoms with E-state index in [0.29, 0.717) is 57.9 Å². The topological polar surface area (TPSA) is 172 Å². The van der Waals surface area contributed by atoms with Gasteiger partial charge in [-0.2, -0.15) is 5.26 Å². The monoisotopic (exact) mass is 1040 g/mol. The van der Waals surface area contributed by atoms with Crippen LogP contribution >= 0.6 is 0 Å². The smallest absolute Gasteiger partial charge is 0.318 e. The second-order valence-corrected chi connectivity index (χ2v) is 22.3. The first-order valence-corrected chi connectivity index (χ1v) is 26.5. The van der Waals surface area contributed by atoms with Gasteiger partial charge in [0, 0.05) is 57.6 Å². The molecule has 6 amide bonds. The van der Waals surface area contributed by atoms with Gasteiger partial charge in [-0.15, -0.1) is 0 Å². The molecule has 17 heteroatoms. The molecule has 3 saturated heterocycles. The first-order chi connectivity index (χ1) is 36.4. The number of ketones is 1. The van der Waals surface area contributed by atoms with Gasteiger partial charge < -0.3 is 44.9 Å². The zero-order valence-electron chi connectivity index (χ0n) is 45.4. The lowest BCUT2D eigenvalue weighted by Crippen LogP contribution is -2.54. The van der Waals surface area contributed by atoms with Gasteiger partial charge in [-0.3, -0.25) is 14.6 Å². The zero-order chi connectivity index (χ0) is 54.3. The summed E-state index contributed by atoms with van der Waals surface area (Å²) in [5, 5.41) is 19.1. The number of nitriles is 1. The molecule has 4 aromatic carbocycles. The summed E-state index contributed by atoms with van der Waals surface area (Å²) in [5.74, 6) is 2.55. The predicted molar refractivity (Wildman–Crippen MR) is 288 cm³/mol. The van der Waals surface area contributed by atoms with Crippen LogP contribution in [0.4, 0.5) is 18.8 Å². The van der Waals surface area contributed by atoms with Crippen LogP contribution in [-0.2, 0) is 30.0 Å². The maximum atomic E-state index is 13.9. The van der Waals surface area contributed by atoms with E-state index in [1.54, 1.807) is 33.5 Å². The molecule has 3 N–H and O–H groups in total. The number of nitrogens with zero attached hydrogens (tertiary/aromatic N) is 6. The zero-order valence-corrected chi connectivity index (χ0v) is 45.4. The molecule has 3 spiro atoms. The molecule has 0 radical (unpaired) electrons. The summed E-state index contributed by atoms with van der Waals surface area (Å²) in [6, 6.07) is 32.8. The van der Waals surface area contributed by atoms with Gasteiger partial charge in [0.25, 0.3) is 0 Å². The van der Waals surface area contributed by atoms with Crippen LogP contribution in [-0.4, -0.2) is 140 Å². The molecule has 3 saturated carbocycles. The Labute approximate surface area is 447 Å². The van der Waals surface area contributed by atoms with E-state index >= 15 is 0 Å². The Balaban J connectivity index is 0.000000154. The number of carbonyl (C=O) groups excluding carboxylic acids is 4. The molecule has 16 nitrogen and oxygen atoms in total. The van der Waals surface area contributed by atoms with Crippen molar-refractivity contribution in [2.75, 3.05) is 69.2 Å². The number of nitrogens with one attached hydrogen (secondary N) is 3. The van der Waals surface area contributed by atoms with E-state index in [9.17, 15) is 28.8 Å². The molecular weight excluding hydrogens is 966 g/mol. The van der Waals surface area contributed by atoms with Crippen molar-refractivity contribution in [1.82, 2.24) is 40.4 Å². The van der Waals surface area contributed by atoms with Crippen LogP contribution in [0.3, 0.4) is 0 Å². The number of hydrogen-bond donors (Lipinski definition) is 3. The van der Waals surface area contributed by atoms with Crippen LogP contribution in [0.2, 0.25) is 0 Å². The maximum absolute atomic E-state index is 13.9. The molecule has 0 bridgehead atoms. The van der Waals surface area contributed by atoms with Crippen molar-refractivity contribution in [2.45, 2.75) is 124 Å². The summed E-state index contributed by atoms with van der Waals surface area (Å²) in [5.41, 5.74) is 3.05. The Morgan fingerprint density at radius 2 is 0.895 bits per heavy atom. The highest BCUT2D eigenvalue weighted by molar-refractivity contribution is 5.82. The minimum Gasteiger partial charge on any atom is -0.497 e. The van der Waals surface area contributed by atoms with Gasteiger partial charge in [0.05, 0.1) is 44.0 Å². The van der Waals surface area contributed by atoms with E-state index < -0.39 is 5.54 Å². The van der Waals surface area contributed by atoms with Crippen molar-refractivity contribution < 1.29 is 37.8 Å². The van der Waals surface area contributed by atoms with Gasteiger partial charge in [-0.05, 0) is 163 Å². The van der Waals surface area contributed by atoms with Crippen LogP contribution in [0.5, 0.6) is 17.2 Å². The molecule has 3 aliphatic carbocycles. The average molecular weight is 1040 g/mol. The van der Waals surface area contributed by atoms with Crippen molar-refractivity contribution in [3.63, 3.8) is 0 Å². The van der Waals surface area contributed by atoms with Gasteiger partial charge in [0.15, 0.2) is 0 Å². The second-order valence-electron chi connectivity index (χ2n) is 22.3. The van der Waals surface area contributed by atoms with Gasteiger partial charge in [0.1, 0.15) is 34.4 Å². The molecule has 10 rings (SSSR count). The number of amides is 6. The standard InChI is InChI=1S/C24H30FN3O2.C19H26N4O2.C16H20N2O3/c1-27(2)24(19-5-4-6-20(25)15-19)13-11-23(12-14-24)17-28(22(29)26-23)16-18-7-9-21(30-3)10-8-18;1-22(2)19(13-20)10-8-18(9-11-19)14-23(17(24)21-18)12-15-4-6-16(25-3)7-5-15;1-21-14-4-2-12(3-5-14)10-18-11-16(17-15(18)20)8-6-13(19)7-9-16/h4-10,15H,11-14,16-17H2,1-3H3,(H,26,29);4-7H,8-12,14H2,1-3H3,(H,21,24);2-5H,6-11H2,1H3,(H,17,20). The van der Waals surface area contributed by atoms with Crippen LogP contribution in [0.25, 0.3) is 0 Å². The maximum Gasteiger partial charge on any atom is 0.318 e. The third-order valence-corrected chi connectivity index (χ3v) is 17.2. The summed E-state index contributed by atoms with van der Waals surface area (Å²) >= 11 is 0. The Kier molecular flexibility index (Phi) is 16.9. The first kappa shape index (κ1) is 55.3.